The minimum absolute atomic E-state index is 0. The quantitative estimate of drug-likeness (QED) is 0.184. The lowest BCUT2D eigenvalue weighted by molar-refractivity contribution is 0.115. The molecule has 2 heterocycles. The number of hydrogen-bond donors (Lipinski definition) is 3. The van der Waals surface area contributed by atoms with Gasteiger partial charge in [0, 0.05) is 22.2 Å². The van der Waals surface area contributed by atoms with Crippen LogP contribution in [0.25, 0.3) is 0 Å². The van der Waals surface area contributed by atoms with E-state index in [0.717, 1.165) is 12.3 Å². The second-order valence-corrected chi connectivity index (χ2v) is 17.4. The van der Waals surface area contributed by atoms with Gasteiger partial charge in [0.25, 0.3) is 0 Å². The topological polar surface area (TPSA) is 79.4 Å². The Morgan fingerprint density at radius 3 is 1.92 bits per heavy atom. The number of aliphatic hydroxyl groups excluding tert-OH is 2. The summed E-state index contributed by atoms with van der Waals surface area (Å²) in [6, 6.07) is 15.5. The lowest BCUT2D eigenvalue weighted by atomic mass is 9.78. The highest BCUT2D eigenvalue weighted by Crippen LogP contribution is 2.35. The summed E-state index contributed by atoms with van der Waals surface area (Å²) in [4.78, 5) is 5.12. The summed E-state index contributed by atoms with van der Waals surface area (Å²) in [5, 5.41) is 18.6. The highest BCUT2D eigenvalue weighted by molar-refractivity contribution is 5.28. The summed E-state index contributed by atoms with van der Waals surface area (Å²) in [5.74, 6) is 0.786. The largest absolute Gasteiger partial charge is 0.394 e. The molecule has 0 spiro atoms. The smallest absolute Gasteiger partial charge is 0.0633 e. The lowest BCUT2D eigenvalue weighted by Gasteiger charge is -2.30. The zero-order valence-corrected chi connectivity index (χ0v) is 32.7. The molecule has 282 valence electrons. The lowest BCUT2D eigenvalue weighted by Crippen LogP contribution is -2.47. The number of aromatic nitrogens is 1. The third-order valence-corrected chi connectivity index (χ3v) is 11.2. The van der Waals surface area contributed by atoms with Gasteiger partial charge >= 0.3 is 0 Å². The number of aryl methyl sites for hydroxylation is 1. The van der Waals surface area contributed by atoms with Gasteiger partial charge in [-0.3, -0.25) is 4.98 Å². The van der Waals surface area contributed by atoms with Gasteiger partial charge < -0.3 is 15.9 Å². The van der Waals surface area contributed by atoms with Crippen molar-refractivity contribution < 1.29 is 10.2 Å². The monoisotopic (exact) mass is 681 g/mol. The molecule has 1 aliphatic heterocycles. The summed E-state index contributed by atoms with van der Waals surface area (Å²) in [6.07, 6.45) is 22.8. The van der Waals surface area contributed by atoms with Gasteiger partial charge in [-0.25, -0.2) is 0 Å². The van der Waals surface area contributed by atoms with Gasteiger partial charge in [0.05, 0.1) is 18.8 Å². The van der Waals surface area contributed by atoms with Crippen LogP contribution in [0.4, 0.5) is 0 Å². The summed E-state index contributed by atoms with van der Waals surface area (Å²) < 4.78 is 0. The number of nitrogens with zero attached hydrogens (tertiary/aromatic N) is 1. The van der Waals surface area contributed by atoms with Crippen LogP contribution in [0.3, 0.4) is 0 Å². The molecule has 1 aromatic carbocycles. The summed E-state index contributed by atoms with van der Waals surface area (Å²) in [5.41, 5.74) is 10.8. The SMILES string of the molecule is C.CC1CCCCCCCCC(C)(C)c2cccc(n2)C(C)(C)C1.CCCCCCCCC(C)(C)c1ccc(CCC(N)(CO)CO)cc1. The van der Waals surface area contributed by atoms with Crippen molar-refractivity contribution in [1.29, 1.82) is 0 Å². The van der Waals surface area contributed by atoms with Crippen LogP contribution < -0.4 is 5.73 Å². The van der Waals surface area contributed by atoms with Crippen LogP contribution in [-0.2, 0) is 22.7 Å². The summed E-state index contributed by atoms with van der Waals surface area (Å²) >= 11 is 0. The van der Waals surface area contributed by atoms with Crippen LogP contribution >= 0.6 is 0 Å². The Hall–Kier alpha value is -1.75. The van der Waals surface area contributed by atoms with Gasteiger partial charge in [0.2, 0.25) is 0 Å². The standard InChI is InChI=1S/C22H39NO2.C22H37N.CH4/c1-4-5-6-7-8-9-15-21(2,3)20-12-10-19(11-13-20)14-16-22(23,17-24)18-25;1-18-13-10-8-6-7-9-11-16-21(2,3)19-14-12-15-20(23-19)22(4,5)17-18;/h10-13,24-25H,4-9,14-18,23H2,1-3H3;12,14-15,18H,6-11,13,16-17H2,1-5H3;1H4. The third-order valence-electron chi connectivity index (χ3n) is 11.2. The van der Waals surface area contributed by atoms with E-state index in [9.17, 15) is 10.2 Å². The second kappa shape index (κ2) is 22.2. The van der Waals surface area contributed by atoms with Gasteiger partial charge in [-0.05, 0) is 66.7 Å². The Kier molecular flexibility index (Phi) is 20.6. The molecule has 4 N–H and O–H groups in total. The first kappa shape index (κ1) is 45.3. The van der Waals surface area contributed by atoms with E-state index in [4.69, 9.17) is 10.7 Å². The zero-order valence-electron chi connectivity index (χ0n) is 32.7. The van der Waals surface area contributed by atoms with E-state index in [2.05, 4.69) is 97.9 Å². The van der Waals surface area contributed by atoms with E-state index in [0.29, 0.717) is 6.42 Å². The van der Waals surface area contributed by atoms with Gasteiger partial charge in [0.15, 0.2) is 0 Å². The number of aliphatic hydroxyl groups is 2. The third kappa shape index (κ3) is 16.4. The molecule has 0 amide bonds. The van der Waals surface area contributed by atoms with Crippen molar-refractivity contribution in [2.24, 2.45) is 11.7 Å². The van der Waals surface area contributed by atoms with E-state index < -0.39 is 5.54 Å². The van der Waals surface area contributed by atoms with Crippen molar-refractivity contribution in [3.63, 3.8) is 0 Å². The Labute approximate surface area is 304 Å². The first-order valence-corrected chi connectivity index (χ1v) is 19.8. The van der Waals surface area contributed by atoms with Crippen LogP contribution in [0.2, 0.25) is 0 Å². The Bertz CT molecular complexity index is 1130. The van der Waals surface area contributed by atoms with Crippen LogP contribution in [0.5, 0.6) is 0 Å². The van der Waals surface area contributed by atoms with Crippen molar-refractivity contribution in [2.75, 3.05) is 13.2 Å². The Balaban J connectivity index is 0.000000481. The average molecular weight is 681 g/mol. The Morgan fingerprint density at radius 2 is 1.31 bits per heavy atom. The van der Waals surface area contributed by atoms with Gasteiger partial charge in [-0.1, -0.05) is 177 Å². The van der Waals surface area contributed by atoms with Crippen LogP contribution in [-0.4, -0.2) is 33.9 Å². The molecule has 1 aromatic heterocycles. The van der Waals surface area contributed by atoms with Crippen LogP contribution in [0, 0.1) is 5.92 Å². The van der Waals surface area contributed by atoms with Crippen molar-refractivity contribution in [3.05, 3.63) is 65.0 Å². The molecule has 0 saturated heterocycles. The molecular weight excluding hydrogens is 601 g/mol. The average Bonchev–Trinajstić information content (AvgIpc) is 3.06. The molecule has 2 bridgehead atoms. The van der Waals surface area contributed by atoms with E-state index in [-0.39, 0.29) is 36.9 Å². The molecule has 3 rings (SSSR count). The maximum Gasteiger partial charge on any atom is 0.0633 e. The molecule has 49 heavy (non-hydrogen) atoms. The fourth-order valence-electron chi connectivity index (χ4n) is 7.38. The van der Waals surface area contributed by atoms with E-state index in [1.54, 1.807) is 0 Å². The molecule has 1 atom stereocenters. The van der Waals surface area contributed by atoms with Crippen molar-refractivity contribution in [2.45, 2.75) is 200 Å². The molecule has 1 unspecified atom stereocenters. The molecule has 0 fully saturated rings. The molecule has 4 nitrogen and oxygen atoms in total. The number of pyridine rings is 1. The normalized spacial score (nSPS) is 18.6. The molecule has 0 saturated carbocycles. The van der Waals surface area contributed by atoms with E-state index >= 15 is 0 Å². The predicted molar refractivity (Wildman–Crippen MR) is 215 cm³/mol. The zero-order chi connectivity index (χ0) is 35.7. The maximum absolute atomic E-state index is 9.28. The summed E-state index contributed by atoms with van der Waals surface area (Å²) in [7, 11) is 0. The Morgan fingerprint density at radius 1 is 0.755 bits per heavy atom. The van der Waals surface area contributed by atoms with Crippen LogP contribution in [0.1, 0.15) is 194 Å². The van der Waals surface area contributed by atoms with Gasteiger partial charge in [-0.2, -0.15) is 0 Å². The fraction of sp³-hybridized carbons (Fsp3) is 0.756. The minimum atomic E-state index is -0.879. The number of fused-ring (bicyclic) bond motifs is 2. The van der Waals surface area contributed by atoms with Gasteiger partial charge in [0.1, 0.15) is 0 Å². The first-order valence-electron chi connectivity index (χ1n) is 19.8. The number of benzene rings is 1. The highest BCUT2D eigenvalue weighted by Gasteiger charge is 2.28. The molecule has 1 aliphatic rings. The molecule has 2 aromatic rings. The summed E-state index contributed by atoms with van der Waals surface area (Å²) in [6.45, 7) is 18.5. The molecule has 0 radical (unpaired) electrons. The number of unbranched alkanes of at least 4 members (excludes halogenated alkanes) is 5. The van der Waals surface area contributed by atoms with E-state index in [1.165, 1.54) is 125 Å². The molecular formula is C45H80N2O2. The number of nitrogens with two attached hydrogens (primary N) is 1. The number of rotatable bonds is 13. The van der Waals surface area contributed by atoms with Crippen molar-refractivity contribution >= 4 is 0 Å². The molecule has 0 aliphatic carbocycles. The van der Waals surface area contributed by atoms with E-state index in [1.807, 2.05) is 0 Å². The maximum atomic E-state index is 9.28. The number of hydrogen-bond acceptors (Lipinski definition) is 4. The predicted octanol–water partition coefficient (Wildman–Crippen LogP) is 11.8. The fourth-order valence-corrected chi connectivity index (χ4v) is 7.38. The van der Waals surface area contributed by atoms with Crippen LogP contribution in [0.15, 0.2) is 42.5 Å². The molecule has 4 heteroatoms. The first-order chi connectivity index (χ1) is 22.7. The minimum Gasteiger partial charge on any atom is -0.394 e. The highest BCUT2D eigenvalue weighted by atomic mass is 16.3. The second-order valence-electron chi connectivity index (χ2n) is 17.4. The van der Waals surface area contributed by atoms with Crippen molar-refractivity contribution in [1.82, 2.24) is 4.98 Å². The van der Waals surface area contributed by atoms with Crippen molar-refractivity contribution in [3.8, 4) is 0 Å². The van der Waals surface area contributed by atoms with Gasteiger partial charge in [-0.15, -0.1) is 0 Å².